The van der Waals surface area contributed by atoms with Gasteiger partial charge in [-0.1, -0.05) is 18.2 Å². The monoisotopic (exact) mass is 273 g/mol. The van der Waals surface area contributed by atoms with Crippen molar-refractivity contribution in [3.05, 3.63) is 35.4 Å². The first kappa shape index (κ1) is 14.3. The third-order valence-corrected chi connectivity index (χ3v) is 3.63. The van der Waals surface area contributed by atoms with Crippen LogP contribution in [0.25, 0.3) is 0 Å². The molecule has 1 N–H and O–H groups in total. The summed E-state index contributed by atoms with van der Waals surface area (Å²) >= 11 is 0. The van der Waals surface area contributed by atoms with Crippen molar-refractivity contribution in [2.45, 2.75) is 44.1 Å². The van der Waals surface area contributed by atoms with Crippen molar-refractivity contribution in [2.24, 2.45) is 0 Å². The number of hydrogen-bond donors (Lipinski definition) is 1. The number of nitrogens with one attached hydrogen (secondary N) is 1. The van der Waals surface area contributed by atoms with Crippen LogP contribution in [0.2, 0.25) is 0 Å². The molecule has 0 heterocycles. The summed E-state index contributed by atoms with van der Waals surface area (Å²) < 4.78 is 43.8. The van der Waals surface area contributed by atoms with Crippen molar-refractivity contribution in [2.75, 3.05) is 7.11 Å². The summed E-state index contributed by atoms with van der Waals surface area (Å²) in [6.07, 6.45) is -1.22. The second-order valence-corrected chi connectivity index (χ2v) is 4.85. The van der Waals surface area contributed by atoms with Gasteiger partial charge in [-0.15, -0.1) is 0 Å². The summed E-state index contributed by atoms with van der Waals surface area (Å²) in [7, 11) is 1.65. The molecule has 0 bridgehead atoms. The SMILES string of the molecule is COC1CCCC1NCc1ccccc1C(F)(F)F. The van der Waals surface area contributed by atoms with Gasteiger partial charge in [-0.2, -0.15) is 13.2 Å². The molecule has 1 aliphatic carbocycles. The molecule has 0 amide bonds. The highest BCUT2D eigenvalue weighted by Crippen LogP contribution is 2.32. The van der Waals surface area contributed by atoms with E-state index in [2.05, 4.69) is 5.32 Å². The lowest BCUT2D eigenvalue weighted by Gasteiger charge is -2.21. The van der Waals surface area contributed by atoms with Gasteiger partial charge in [0.25, 0.3) is 0 Å². The highest BCUT2D eigenvalue weighted by molar-refractivity contribution is 5.29. The van der Waals surface area contributed by atoms with Crippen molar-refractivity contribution in [3.8, 4) is 0 Å². The van der Waals surface area contributed by atoms with E-state index in [1.807, 2.05) is 0 Å². The van der Waals surface area contributed by atoms with Crippen LogP contribution in [-0.4, -0.2) is 19.3 Å². The fraction of sp³-hybridized carbons (Fsp3) is 0.571. The molecular weight excluding hydrogens is 255 g/mol. The molecule has 5 heteroatoms. The van der Waals surface area contributed by atoms with Gasteiger partial charge in [0.1, 0.15) is 0 Å². The van der Waals surface area contributed by atoms with E-state index in [-0.39, 0.29) is 24.3 Å². The van der Waals surface area contributed by atoms with Crippen molar-refractivity contribution in [1.29, 1.82) is 0 Å². The number of alkyl halides is 3. The number of benzene rings is 1. The zero-order valence-corrected chi connectivity index (χ0v) is 10.8. The molecule has 1 aromatic rings. The van der Waals surface area contributed by atoms with E-state index in [0.717, 1.165) is 25.3 Å². The first-order chi connectivity index (χ1) is 9.02. The summed E-state index contributed by atoms with van der Waals surface area (Å²) in [5.74, 6) is 0. The van der Waals surface area contributed by atoms with Gasteiger partial charge in [0.05, 0.1) is 11.7 Å². The van der Waals surface area contributed by atoms with Gasteiger partial charge in [0.15, 0.2) is 0 Å². The van der Waals surface area contributed by atoms with Gasteiger partial charge in [-0.25, -0.2) is 0 Å². The molecule has 0 spiro atoms. The van der Waals surface area contributed by atoms with E-state index in [9.17, 15) is 13.2 Å². The van der Waals surface area contributed by atoms with E-state index in [4.69, 9.17) is 4.74 Å². The van der Waals surface area contributed by atoms with Crippen LogP contribution in [0.4, 0.5) is 13.2 Å². The van der Waals surface area contributed by atoms with Gasteiger partial charge >= 0.3 is 6.18 Å². The third kappa shape index (κ3) is 3.48. The molecule has 2 atom stereocenters. The molecule has 1 fully saturated rings. The summed E-state index contributed by atoms with van der Waals surface area (Å²) in [5.41, 5.74) is -0.272. The van der Waals surface area contributed by atoms with Crippen molar-refractivity contribution >= 4 is 0 Å². The Bertz CT molecular complexity index is 419. The molecule has 0 saturated heterocycles. The molecule has 1 saturated carbocycles. The van der Waals surface area contributed by atoms with Crippen LogP contribution in [-0.2, 0) is 17.5 Å². The average Bonchev–Trinajstić information content (AvgIpc) is 2.83. The highest BCUT2D eigenvalue weighted by atomic mass is 19.4. The third-order valence-electron chi connectivity index (χ3n) is 3.63. The summed E-state index contributed by atoms with van der Waals surface area (Å²) in [6, 6.07) is 5.84. The standard InChI is InChI=1S/C14H18F3NO/c1-19-13-8-4-7-12(13)18-9-10-5-2-3-6-11(10)14(15,16)17/h2-3,5-6,12-13,18H,4,7-9H2,1H3. The number of methoxy groups -OCH3 is 1. The van der Waals surface area contributed by atoms with E-state index >= 15 is 0 Å². The van der Waals surface area contributed by atoms with Crippen molar-refractivity contribution in [1.82, 2.24) is 5.32 Å². The largest absolute Gasteiger partial charge is 0.416 e. The van der Waals surface area contributed by atoms with Gasteiger partial charge < -0.3 is 10.1 Å². The minimum Gasteiger partial charge on any atom is -0.380 e. The minimum absolute atomic E-state index is 0.109. The van der Waals surface area contributed by atoms with Crippen LogP contribution >= 0.6 is 0 Å². The first-order valence-electron chi connectivity index (χ1n) is 6.43. The Kier molecular flexibility index (Phi) is 4.47. The number of ether oxygens (including phenoxy) is 1. The van der Waals surface area contributed by atoms with Gasteiger partial charge in [0, 0.05) is 19.7 Å². The maximum absolute atomic E-state index is 12.8. The molecule has 106 valence electrons. The predicted octanol–water partition coefficient (Wildman–Crippen LogP) is 3.36. The first-order valence-corrected chi connectivity index (χ1v) is 6.43. The highest BCUT2D eigenvalue weighted by Gasteiger charge is 2.33. The number of hydrogen-bond acceptors (Lipinski definition) is 2. The summed E-state index contributed by atoms with van der Waals surface area (Å²) in [6.45, 7) is 0.222. The van der Waals surface area contributed by atoms with Crippen LogP contribution in [0.15, 0.2) is 24.3 Å². The van der Waals surface area contributed by atoms with Crippen LogP contribution in [0.5, 0.6) is 0 Å². The Balaban J connectivity index is 2.04. The Hall–Kier alpha value is -1.07. The normalized spacial score (nSPS) is 23.8. The molecule has 2 unspecified atom stereocenters. The van der Waals surface area contributed by atoms with E-state index in [1.54, 1.807) is 13.2 Å². The Morgan fingerprint density at radius 1 is 1.26 bits per heavy atom. The smallest absolute Gasteiger partial charge is 0.380 e. The van der Waals surface area contributed by atoms with E-state index in [1.165, 1.54) is 12.1 Å². The Morgan fingerprint density at radius 2 is 2.00 bits per heavy atom. The van der Waals surface area contributed by atoms with Crippen molar-refractivity contribution in [3.63, 3.8) is 0 Å². The van der Waals surface area contributed by atoms with Crippen molar-refractivity contribution < 1.29 is 17.9 Å². The Morgan fingerprint density at radius 3 is 2.68 bits per heavy atom. The number of rotatable bonds is 4. The van der Waals surface area contributed by atoms with Crippen LogP contribution < -0.4 is 5.32 Å². The quantitative estimate of drug-likeness (QED) is 0.908. The average molecular weight is 273 g/mol. The molecule has 1 aliphatic rings. The van der Waals surface area contributed by atoms with Crippen LogP contribution in [0.1, 0.15) is 30.4 Å². The van der Waals surface area contributed by atoms with Crippen LogP contribution in [0.3, 0.4) is 0 Å². The summed E-state index contributed by atoms with van der Waals surface area (Å²) in [5, 5.41) is 3.19. The fourth-order valence-corrected chi connectivity index (χ4v) is 2.63. The lowest BCUT2D eigenvalue weighted by atomic mass is 10.1. The molecule has 2 rings (SSSR count). The van der Waals surface area contributed by atoms with E-state index in [0.29, 0.717) is 0 Å². The lowest BCUT2D eigenvalue weighted by molar-refractivity contribution is -0.138. The van der Waals surface area contributed by atoms with Gasteiger partial charge in [0.2, 0.25) is 0 Å². The molecule has 2 nitrogen and oxygen atoms in total. The minimum atomic E-state index is -4.30. The molecule has 19 heavy (non-hydrogen) atoms. The second-order valence-electron chi connectivity index (χ2n) is 4.85. The van der Waals surface area contributed by atoms with Crippen LogP contribution in [0, 0.1) is 0 Å². The predicted molar refractivity (Wildman–Crippen MR) is 66.7 cm³/mol. The molecule has 0 aliphatic heterocycles. The summed E-state index contributed by atoms with van der Waals surface area (Å²) in [4.78, 5) is 0. The molecule has 0 aromatic heterocycles. The molecule has 0 radical (unpaired) electrons. The maximum atomic E-state index is 12.8. The maximum Gasteiger partial charge on any atom is 0.416 e. The second kappa shape index (κ2) is 5.92. The molecule has 1 aromatic carbocycles. The zero-order valence-electron chi connectivity index (χ0n) is 10.8. The fourth-order valence-electron chi connectivity index (χ4n) is 2.63. The Labute approximate surface area is 111 Å². The lowest BCUT2D eigenvalue weighted by Crippen LogP contribution is -2.36. The van der Waals surface area contributed by atoms with E-state index < -0.39 is 11.7 Å². The van der Waals surface area contributed by atoms with Gasteiger partial charge in [-0.3, -0.25) is 0 Å². The topological polar surface area (TPSA) is 21.3 Å². The number of halogens is 3. The van der Waals surface area contributed by atoms with Gasteiger partial charge in [-0.05, 0) is 30.9 Å². The zero-order chi connectivity index (χ0) is 13.9. The molecular formula is C14H18F3NO.